The zero-order chi connectivity index (χ0) is 10.8. The maximum Gasteiger partial charge on any atom is 0.100 e. The zero-order valence-corrected chi connectivity index (χ0v) is 8.95. The molecule has 84 valence electrons. The third-order valence-corrected chi connectivity index (χ3v) is 2.47. The van der Waals surface area contributed by atoms with Crippen LogP contribution in [0.1, 0.15) is 0 Å². The van der Waals surface area contributed by atoms with Gasteiger partial charge in [0.25, 0.3) is 0 Å². The van der Waals surface area contributed by atoms with Crippen LogP contribution >= 0.6 is 11.8 Å². The largest absolute Gasteiger partial charge is 0.394 e. The van der Waals surface area contributed by atoms with Gasteiger partial charge in [0, 0.05) is 11.5 Å². The molecule has 0 saturated carbocycles. The minimum atomic E-state index is -0.858. The van der Waals surface area contributed by atoms with Crippen LogP contribution in [0.15, 0.2) is 12.7 Å². The fraction of sp³-hybridized carbons (Fsp3) is 0.778. The first-order chi connectivity index (χ1) is 6.70. The van der Waals surface area contributed by atoms with Crippen molar-refractivity contribution in [2.75, 3.05) is 31.3 Å². The van der Waals surface area contributed by atoms with Gasteiger partial charge in [-0.15, -0.1) is 6.58 Å². The number of thioether (sulfide) groups is 1. The van der Waals surface area contributed by atoms with Crippen LogP contribution in [-0.2, 0) is 4.74 Å². The normalized spacial score (nSPS) is 15.1. The highest BCUT2D eigenvalue weighted by molar-refractivity contribution is 7.99. The van der Waals surface area contributed by atoms with Crippen LogP contribution in [0.4, 0.5) is 0 Å². The molecule has 4 nitrogen and oxygen atoms in total. The Hall–Kier alpha value is -0.0700. The van der Waals surface area contributed by atoms with Crippen LogP contribution in [0.5, 0.6) is 0 Å². The van der Waals surface area contributed by atoms with Crippen LogP contribution in [0.2, 0.25) is 0 Å². The van der Waals surface area contributed by atoms with Gasteiger partial charge in [-0.25, -0.2) is 0 Å². The molecule has 0 spiro atoms. The highest BCUT2D eigenvalue weighted by atomic mass is 32.2. The Labute approximate surface area is 88.6 Å². The maximum atomic E-state index is 9.34. The molecule has 0 aromatic carbocycles. The summed E-state index contributed by atoms with van der Waals surface area (Å²) in [4.78, 5) is 0. The SMILES string of the molecule is C=CCSCC(O)COCC(O)CO. The lowest BCUT2D eigenvalue weighted by Gasteiger charge is -2.12. The molecular weight excluding hydrogens is 204 g/mol. The van der Waals surface area contributed by atoms with Gasteiger partial charge in [-0.3, -0.25) is 0 Å². The lowest BCUT2D eigenvalue weighted by molar-refractivity contribution is -0.0192. The second kappa shape index (κ2) is 9.48. The first-order valence-electron chi connectivity index (χ1n) is 4.44. The average molecular weight is 222 g/mol. The molecule has 2 unspecified atom stereocenters. The van der Waals surface area contributed by atoms with Gasteiger partial charge >= 0.3 is 0 Å². The van der Waals surface area contributed by atoms with E-state index in [0.717, 1.165) is 5.75 Å². The first-order valence-corrected chi connectivity index (χ1v) is 5.59. The quantitative estimate of drug-likeness (QED) is 0.367. The highest BCUT2D eigenvalue weighted by Gasteiger charge is 2.06. The third kappa shape index (κ3) is 8.52. The monoisotopic (exact) mass is 222 g/mol. The minimum Gasteiger partial charge on any atom is -0.394 e. The summed E-state index contributed by atoms with van der Waals surface area (Å²) in [6, 6.07) is 0. The van der Waals surface area contributed by atoms with E-state index in [4.69, 9.17) is 14.9 Å². The smallest absolute Gasteiger partial charge is 0.100 e. The molecule has 2 atom stereocenters. The Morgan fingerprint density at radius 3 is 2.50 bits per heavy atom. The van der Waals surface area contributed by atoms with Crippen LogP contribution < -0.4 is 0 Å². The van der Waals surface area contributed by atoms with E-state index in [2.05, 4.69) is 6.58 Å². The summed E-state index contributed by atoms with van der Waals surface area (Å²) >= 11 is 1.57. The lowest BCUT2D eigenvalue weighted by Crippen LogP contribution is -2.24. The van der Waals surface area contributed by atoms with Crippen molar-refractivity contribution in [1.82, 2.24) is 0 Å². The number of hydrogen-bond acceptors (Lipinski definition) is 5. The third-order valence-electron chi connectivity index (χ3n) is 1.38. The first kappa shape index (κ1) is 13.9. The van der Waals surface area contributed by atoms with E-state index < -0.39 is 12.2 Å². The van der Waals surface area contributed by atoms with Crippen molar-refractivity contribution < 1.29 is 20.1 Å². The highest BCUT2D eigenvalue weighted by Crippen LogP contribution is 2.03. The van der Waals surface area contributed by atoms with E-state index in [-0.39, 0.29) is 19.8 Å². The molecule has 0 radical (unpaired) electrons. The molecule has 0 aromatic heterocycles. The van der Waals surface area contributed by atoms with Gasteiger partial charge in [-0.05, 0) is 0 Å². The molecular formula is C9H18O4S. The van der Waals surface area contributed by atoms with Gasteiger partial charge in [-0.2, -0.15) is 11.8 Å². The predicted octanol–water partition coefficient (Wildman–Crippen LogP) is -0.364. The number of rotatable bonds is 9. The summed E-state index contributed by atoms with van der Waals surface area (Å²) < 4.78 is 4.98. The summed E-state index contributed by atoms with van der Waals surface area (Å²) in [5, 5.41) is 26.7. The van der Waals surface area contributed by atoms with Crippen molar-refractivity contribution in [3.8, 4) is 0 Å². The molecule has 0 rings (SSSR count). The molecule has 0 saturated heterocycles. The molecule has 14 heavy (non-hydrogen) atoms. The molecule has 0 heterocycles. The summed E-state index contributed by atoms with van der Waals surface area (Å²) in [5.41, 5.74) is 0. The van der Waals surface area contributed by atoms with E-state index in [1.54, 1.807) is 17.8 Å². The molecule has 3 N–H and O–H groups in total. The Morgan fingerprint density at radius 1 is 1.29 bits per heavy atom. The minimum absolute atomic E-state index is 0.0552. The van der Waals surface area contributed by atoms with Gasteiger partial charge in [0.1, 0.15) is 6.10 Å². The second-order valence-corrected chi connectivity index (χ2v) is 3.93. The van der Waals surface area contributed by atoms with Crippen molar-refractivity contribution in [3.63, 3.8) is 0 Å². The summed E-state index contributed by atoms with van der Waals surface area (Å²) in [6.45, 7) is 3.48. The number of aliphatic hydroxyl groups excluding tert-OH is 3. The van der Waals surface area contributed by atoms with Gasteiger partial charge in [-0.1, -0.05) is 6.08 Å². The van der Waals surface area contributed by atoms with E-state index in [1.165, 1.54) is 0 Å². The Kier molecular flexibility index (Phi) is 9.44. The van der Waals surface area contributed by atoms with E-state index in [0.29, 0.717) is 5.75 Å². The van der Waals surface area contributed by atoms with Gasteiger partial charge in [0.05, 0.1) is 25.9 Å². The standard InChI is InChI=1S/C9H18O4S/c1-2-3-14-7-9(12)6-13-5-8(11)4-10/h2,8-12H,1,3-7H2. The number of hydrogen-bond donors (Lipinski definition) is 3. The zero-order valence-electron chi connectivity index (χ0n) is 8.13. The van der Waals surface area contributed by atoms with E-state index >= 15 is 0 Å². The molecule has 0 amide bonds. The Morgan fingerprint density at radius 2 is 1.93 bits per heavy atom. The van der Waals surface area contributed by atoms with Gasteiger partial charge in [0.2, 0.25) is 0 Å². The van der Waals surface area contributed by atoms with Crippen molar-refractivity contribution >= 4 is 11.8 Å². The topological polar surface area (TPSA) is 69.9 Å². The van der Waals surface area contributed by atoms with Crippen LogP contribution in [0.3, 0.4) is 0 Å². The van der Waals surface area contributed by atoms with Crippen molar-refractivity contribution in [3.05, 3.63) is 12.7 Å². The summed E-state index contributed by atoms with van der Waals surface area (Å²) in [6.07, 6.45) is 0.377. The Bertz CT molecular complexity index is 143. The molecule has 0 aliphatic carbocycles. The molecule has 5 heteroatoms. The summed E-state index contributed by atoms with van der Waals surface area (Å²) in [7, 11) is 0. The predicted molar refractivity (Wildman–Crippen MR) is 57.4 cm³/mol. The van der Waals surface area contributed by atoms with Crippen LogP contribution in [0.25, 0.3) is 0 Å². The Balaban J connectivity index is 3.25. The van der Waals surface area contributed by atoms with Crippen molar-refractivity contribution in [2.24, 2.45) is 0 Å². The maximum absolute atomic E-state index is 9.34. The van der Waals surface area contributed by atoms with Gasteiger partial charge < -0.3 is 20.1 Å². The fourth-order valence-corrected chi connectivity index (χ4v) is 1.40. The molecule has 0 aliphatic rings. The molecule has 0 fully saturated rings. The second-order valence-electron chi connectivity index (χ2n) is 2.85. The van der Waals surface area contributed by atoms with E-state index in [9.17, 15) is 5.11 Å². The summed E-state index contributed by atoms with van der Waals surface area (Å²) in [5.74, 6) is 1.39. The number of aliphatic hydroxyl groups is 3. The van der Waals surface area contributed by atoms with Gasteiger partial charge in [0.15, 0.2) is 0 Å². The van der Waals surface area contributed by atoms with E-state index in [1.807, 2.05) is 0 Å². The lowest BCUT2D eigenvalue weighted by atomic mass is 10.4. The van der Waals surface area contributed by atoms with Crippen LogP contribution in [0, 0.1) is 0 Å². The van der Waals surface area contributed by atoms with Crippen molar-refractivity contribution in [1.29, 1.82) is 0 Å². The van der Waals surface area contributed by atoms with Crippen LogP contribution in [-0.4, -0.2) is 58.9 Å². The molecule has 0 aromatic rings. The number of ether oxygens (including phenoxy) is 1. The van der Waals surface area contributed by atoms with Crippen molar-refractivity contribution in [2.45, 2.75) is 12.2 Å². The molecule has 0 aliphatic heterocycles. The molecule has 0 bridgehead atoms. The average Bonchev–Trinajstić information content (AvgIpc) is 2.18. The fourth-order valence-electron chi connectivity index (χ4n) is 0.728.